The molecule has 7 heteroatoms. The standard InChI is InChI=1S/C20H28N2O3S2/c1-5-7-16-9-11-17(12-10-16)20(15(2)3)21-18(23)14-22(4)27(24,25)19-8-6-13-26-19/h6,8-13,15,20H,5,7,14H2,1-4H3,(H,21,23). The highest BCUT2D eigenvalue weighted by atomic mass is 32.2. The van der Waals surface area contributed by atoms with Gasteiger partial charge in [-0.05, 0) is 34.9 Å². The van der Waals surface area contributed by atoms with Crippen molar-refractivity contribution in [2.45, 2.75) is 43.9 Å². The molecule has 0 radical (unpaired) electrons. The molecule has 0 aliphatic heterocycles. The Morgan fingerprint density at radius 3 is 2.37 bits per heavy atom. The number of rotatable bonds is 9. The molecule has 27 heavy (non-hydrogen) atoms. The Morgan fingerprint density at radius 1 is 1.19 bits per heavy atom. The summed E-state index contributed by atoms with van der Waals surface area (Å²) in [7, 11) is -2.20. The maximum Gasteiger partial charge on any atom is 0.252 e. The van der Waals surface area contributed by atoms with Gasteiger partial charge in [-0.1, -0.05) is 57.5 Å². The third kappa shape index (κ3) is 5.64. The summed E-state index contributed by atoms with van der Waals surface area (Å²) in [5.41, 5.74) is 2.30. The molecule has 0 fully saturated rings. The highest BCUT2D eigenvalue weighted by Gasteiger charge is 2.25. The number of nitrogens with one attached hydrogen (secondary N) is 1. The molecule has 0 aliphatic rings. The lowest BCUT2D eigenvalue weighted by Gasteiger charge is -2.24. The van der Waals surface area contributed by atoms with Gasteiger partial charge in [0.1, 0.15) is 4.21 Å². The fourth-order valence-corrected chi connectivity index (χ4v) is 5.21. The van der Waals surface area contributed by atoms with E-state index in [1.807, 2.05) is 26.0 Å². The topological polar surface area (TPSA) is 66.5 Å². The van der Waals surface area contributed by atoms with E-state index in [4.69, 9.17) is 0 Å². The number of hydrogen-bond donors (Lipinski definition) is 1. The molecular formula is C20H28N2O3S2. The molecule has 0 aliphatic carbocycles. The molecule has 1 atom stereocenters. The minimum absolute atomic E-state index is 0.161. The molecule has 1 N–H and O–H groups in total. The molecule has 0 spiro atoms. The van der Waals surface area contributed by atoms with Gasteiger partial charge in [0.2, 0.25) is 5.91 Å². The van der Waals surface area contributed by atoms with Crippen LogP contribution in [0.2, 0.25) is 0 Å². The number of carbonyl (C=O) groups is 1. The smallest absolute Gasteiger partial charge is 0.252 e. The Labute approximate surface area is 166 Å². The molecule has 2 aromatic rings. The molecule has 0 bridgehead atoms. The van der Waals surface area contributed by atoms with Crippen LogP contribution in [0.4, 0.5) is 0 Å². The van der Waals surface area contributed by atoms with Gasteiger partial charge < -0.3 is 5.32 Å². The average molecular weight is 409 g/mol. The van der Waals surface area contributed by atoms with E-state index < -0.39 is 10.0 Å². The van der Waals surface area contributed by atoms with Crippen molar-refractivity contribution >= 4 is 27.3 Å². The number of thiophene rings is 1. The fourth-order valence-electron chi connectivity index (χ4n) is 2.89. The highest BCUT2D eigenvalue weighted by molar-refractivity contribution is 7.91. The van der Waals surface area contributed by atoms with Crippen LogP contribution in [0.25, 0.3) is 0 Å². The molecule has 1 unspecified atom stereocenters. The zero-order valence-corrected chi connectivity index (χ0v) is 17.9. The van der Waals surface area contributed by atoms with E-state index in [0.717, 1.165) is 34.0 Å². The first-order valence-corrected chi connectivity index (χ1v) is 11.5. The van der Waals surface area contributed by atoms with Crippen molar-refractivity contribution < 1.29 is 13.2 Å². The van der Waals surface area contributed by atoms with Crippen molar-refractivity contribution in [1.82, 2.24) is 9.62 Å². The normalized spacial score (nSPS) is 13.1. The first-order valence-electron chi connectivity index (χ1n) is 9.13. The third-order valence-electron chi connectivity index (χ3n) is 4.39. The molecule has 1 aromatic carbocycles. The number of sulfonamides is 1. The Kier molecular flexibility index (Phi) is 7.59. The quantitative estimate of drug-likeness (QED) is 0.686. The summed E-state index contributed by atoms with van der Waals surface area (Å²) >= 11 is 1.14. The van der Waals surface area contributed by atoms with Crippen LogP contribution in [-0.2, 0) is 21.2 Å². The van der Waals surface area contributed by atoms with Gasteiger partial charge in [0, 0.05) is 7.05 Å². The Bertz CT molecular complexity index is 829. The summed E-state index contributed by atoms with van der Waals surface area (Å²) < 4.78 is 26.3. The van der Waals surface area contributed by atoms with Gasteiger partial charge in [0.15, 0.2) is 0 Å². The van der Waals surface area contributed by atoms with E-state index in [1.165, 1.54) is 12.6 Å². The SMILES string of the molecule is CCCc1ccc(C(NC(=O)CN(C)S(=O)(=O)c2cccs2)C(C)C)cc1. The summed E-state index contributed by atoms with van der Waals surface area (Å²) in [6, 6.07) is 11.3. The van der Waals surface area contributed by atoms with Crippen molar-refractivity contribution in [2.75, 3.05) is 13.6 Å². The lowest BCUT2D eigenvalue weighted by atomic mass is 9.94. The molecule has 1 aromatic heterocycles. The zero-order valence-electron chi connectivity index (χ0n) is 16.3. The highest BCUT2D eigenvalue weighted by Crippen LogP contribution is 2.23. The van der Waals surface area contributed by atoms with E-state index in [1.54, 1.807) is 17.5 Å². The molecule has 1 heterocycles. The summed E-state index contributed by atoms with van der Waals surface area (Å²) in [6.07, 6.45) is 2.12. The molecule has 5 nitrogen and oxygen atoms in total. The van der Waals surface area contributed by atoms with Crippen LogP contribution in [0, 0.1) is 5.92 Å². The second-order valence-corrected chi connectivity index (χ2v) is 10.2. The van der Waals surface area contributed by atoms with Crippen molar-refractivity contribution in [3.05, 3.63) is 52.9 Å². The molecule has 2 rings (SSSR count). The number of benzene rings is 1. The number of nitrogens with zero attached hydrogens (tertiary/aromatic N) is 1. The monoisotopic (exact) mass is 408 g/mol. The van der Waals surface area contributed by atoms with Crippen molar-refractivity contribution in [3.8, 4) is 0 Å². The zero-order chi connectivity index (χ0) is 20.0. The van der Waals surface area contributed by atoms with E-state index in [0.29, 0.717) is 0 Å². The number of likely N-dealkylation sites (N-methyl/N-ethyl adjacent to an activating group) is 1. The summed E-state index contributed by atoms with van der Waals surface area (Å²) in [5, 5.41) is 4.70. The van der Waals surface area contributed by atoms with E-state index in [2.05, 4.69) is 24.4 Å². The lowest BCUT2D eigenvalue weighted by Crippen LogP contribution is -2.40. The molecular weight excluding hydrogens is 380 g/mol. The number of aryl methyl sites for hydroxylation is 1. The van der Waals surface area contributed by atoms with Gasteiger partial charge in [-0.3, -0.25) is 4.79 Å². The van der Waals surface area contributed by atoms with Gasteiger partial charge in [-0.15, -0.1) is 11.3 Å². The first kappa shape index (κ1) is 21.6. The minimum atomic E-state index is -3.63. The van der Waals surface area contributed by atoms with Crippen LogP contribution >= 0.6 is 11.3 Å². The van der Waals surface area contributed by atoms with Gasteiger partial charge in [-0.2, -0.15) is 4.31 Å². The fraction of sp³-hybridized carbons (Fsp3) is 0.450. The van der Waals surface area contributed by atoms with Gasteiger partial charge in [0.05, 0.1) is 12.6 Å². The first-order chi connectivity index (χ1) is 12.8. The summed E-state index contributed by atoms with van der Waals surface area (Å²) in [6.45, 7) is 6.01. The van der Waals surface area contributed by atoms with Crippen LogP contribution in [0.5, 0.6) is 0 Å². The number of hydrogen-bond acceptors (Lipinski definition) is 4. The van der Waals surface area contributed by atoms with Crippen LogP contribution in [0.3, 0.4) is 0 Å². The second kappa shape index (κ2) is 9.48. The summed E-state index contributed by atoms with van der Waals surface area (Å²) in [5.74, 6) is -0.126. The lowest BCUT2D eigenvalue weighted by molar-refractivity contribution is -0.122. The van der Waals surface area contributed by atoms with Crippen molar-refractivity contribution in [1.29, 1.82) is 0 Å². The summed E-state index contributed by atoms with van der Waals surface area (Å²) in [4.78, 5) is 12.5. The van der Waals surface area contributed by atoms with Gasteiger partial charge in [0.25, 0.3) is 10.0 Å². The van der Waals surface area contributed by atoms with Crippen LogP contribution in [-0.4, -0.2) is 32.2 Å². The van der Waals surface area contributed by atoms with Crippen molar-refractivity contribution in [3.63, 3.8) is 0 Å². The number of amides is 1. The van der Waals surface area contributed by atoms with E-state index in [-0.39, 0.29) is 28.6 Å². The molecule has 1 amide bonds. The average Bonchev–Trinajstić information content (AvgIpc) is 3.16. The Morgan fingerprint density at radius 2 is 1.85 bits per heavy atom. The van der Waals surface area contributed by atoms with Gasteiger partial charge in [-0.25, -0.2) is 8.42 Å². The minimum Gasteiger partial charge on any atom is -0.348 e. The predicted molar refractivity (Wildman–Crippen MR) is 110 cm³/mol. The second-order valence-electron chi connectivity index (χ2n) is 6.97. The third-order valence-corrected chi connectivity index (χ3v) is 7.56. The van der Waals surface area contributed by atoms with Crippen LogP contribution in [0.1, 0.15) is 44.4 Å². The maximum absolute atomic E-state index is 12.5. The molecule has 0 saturated heterocycles. The number of carbonyl (C=O) groups excluding carboxylic acids is 1. The van der Waals surface area contributed by atoms with E-state index in [9.17, 15) is 13.2 Å². The van der Waals surface area contributed by atoms with Crippen LogP contribution < -0.4 is 5.32 Å². The predicted octanol–water partition coefficient (Wildman–Crippen LogP) is 3.83. The molecule has 0 saturated carbocycles. The maximum atomic E-state index is 12.5. The van der Waals surface area contributed by atoms with E-state index >= 15 is 0 Å². The molecule has 148 valence electrons. The van der Waals surface area contributed by atoms with Crippen molar-refractivity contribution in [2.24, 2.45) is 5.92 Å². The Hall–Kier alpha value is -1.70. The Balaban J connectivity index is 2.06. The van der Waals surface area contributed by atoms with Crippen LogP contribution in [0.15, 0.2) is 46.0 Å². The largest absolute Gasteiger partial charge is 0.348 e. The van der Waals surface area contributed by atoms with Gasteiger partial charge >= 0.3 is 0 Å².